The number of hydrogen-bond acceptors (Lipinski definition) is 2. The van der Waals surface area contributed by atoms with Gasteiger partial charge >= 0.3 is 0 Å². The first-order chi connectivity index (χ1) is 28.2. The lowest BCUT2D eigenvalue weighted by molar-refractivity contribution is 0.392. The average Bonchev–Trinajstić information content (AvgIpc) is 3.52. The zero-order valence-electron chi connectivity index (χ0n) is 36.1. The molecular formula is C56H55BN2. The number of benzene rings is 7. The van der Waals surface area contributed by atoms with Gasteiger partial charge in [0.2, 0.25) is 0 Å². The molecule has 0 fully saturated rings. The second-order valence-corrected chi connectivity index (χ2v) is 20.8. The topological polar surface area (TPSA) is 6.48 Å². The summed E-state index contributed by atoms with van der Waals surface area (Å²) in [7, 11) is 0. The van der Waals surface area contributed by atoms with Gasteiger partial charge in [0, 0.05) is 33.7 Å². The molecule has 2 heterocycles. The van der Waals surface area contributed by atoms with Crippen LogP contribution in [0.5, 0.6) is 0 Å². The number of rotatable bonds is 3. The lowest BCUT2D eigenvalue weighted by Gasteiger charge is -2.45. The van der Waals surface area contributed by atoms with Crippen LogP contribution in [0.4, 0.5) is 34.1 Å². The second kappa shape index (κ2) is 12.7. The van der Waals surface area contributed by atoms with E-state index in [-0.39, 0.29) is 23.0 Å². The van der Waals surface area contributed by atoms with Crippen LogP contribution in [0.1, 0.15) is 95.2 Å². The Balaban J connectivity index is 1.24. The average molecular weight is 767 g/mol. The number of hydrogen-bond donors (Lipinski definition) is 0. The van der Waals surface area contributed by atoms with Gasteiger partial charge in [-0.15, -0.1) is 0 Å². The van der Waals surface area contributed by atoms with E-state index in [1.54, 1.807) is 0 Å². The summed E-state index contributed by atoms with van der Waals surface area (Å²) < 4.78 is 0. The van der Waals surface area contributed by atoms with Gasteiger partial charge in [0.25, 0.3) is 6.71 Å². The van der Waals surface area contributed by atoms with Gasteiger partial charge in [-0.1, -0.05) is 140 Å². The van der Waals surface area contributed by atoms with Crippen molar-refractivity contribution in [3.63, 3.8) is 0 Å². The molecule has 0 unspecified atom stereocenters. The lowest BCUT2D eigenvalue weighted by atomic mass is 9.33. The third-order valence-electron chi connectivity index (χ3n) is 14.0. The maximum atomic E-state index is 2.65. The lowest BCUT2D eigenvalue weighted by Crippen LogP contribution is -2.61. The Kier molecular flexibility index (Phi) is 7.89. The Hall–Kier alpha value is -5.54. The van der Waals surface area contributed by atoms with E-state index < -0.39 is 0 Å². The Morgan fingerprint density at radius 3 is 1.83 bits per heavy atom. The minimum absolute atomic E-state index is 0.00346. The highest BCUT2D eigenvalue weighted by Gasteiger charge is 2.45. The molecule has 4 aliphatic rings. The Morgan fingerprint density at radius 2 is 1.10 bits per heavy atom. The molecule has 292 valence electrons. The van der Waals surface area contributed by atoms with Crippen LogP contribution in [0.15, 0.2) is 127 Å². The van der Waals surface area contributed by atoms with Crippen LogP contribution in [0, 0.1) is 5.41 Å². The summed E-state index contributed by atoms with van der Waals surface area (Å²) in [5, 5.41) is 2.83. The van der Waals surface area contributed by atoms with Gasteiger partial charge < -0.3 is 9.80 Å². The molecule has 7 aromatic rings. The highest BCUT2D eigenvalue weighted by Crippen LogP contribution is 2.50. The Bertz CT molecular complexity index is 2860. The second-order valence-electron chi connectivity index (χ2n) is 20.8. The first-order valence-electron chi connectivity index (χ1n) is 22.0. The van der Waals surface area contributed by atoms with Crippen molar-refractivity contribution in [2.24, 2.45) is 5.41 Å². The Morgan fingerprint density at radius 1 is 0.492 bits per heavy atom. The standard InChI is InChI=1S/C56H55BN2/c1-54(2,3)40-25-28-47(43(31-40)35-15-10-9-11-16-35)59-49-22-14-21-48-53(49)57(45-29-38-33-56(7,8)34-39(38)30-50(45)59)44-26-24-41(55(4,5)6)32-51(44)58(48)46-27-23-37-18-12-17-36-19-13-20-42(46)52(36)37/h9-11,13-16,19-32H,12,17-18,33-34H2,1-8H3. The van der Waals surface area contributed by atoms with Crippen LogP contribution >= 0.6 is 0 Å². The maximum Gasteiger partial charge on any atom is 0.252 e. The van der Waals surface area contributed by atoms with E-state index in [9.17, 15) is 0 Å². The van der Waals surface area contributed by atoms with Crippen molar-refractivity contribution >= 4 is 68.0 Å². The van der Waals surface area contributed by atoms with Crippen molar-refractivity contribution in [2.75, 3.05) is 9.80 Å². The highest BCUT2D eigenvalue weighted by atomic mass is 15.2. The summed E-state index contributed by atoms with van der Waals surface area (Å²) in [6, 6.07) is 50.0. The van der Waals surface area contributed by atoms with E-state index in [2.05, 4.69) is 193 Å². The molecule has 59 heavy (non-hydrogen) atoms. The fourth-order valence-electron chi connectivity index (χ4n) is 11.1. The van der Waals surface area contributed by atoms with Gasteiger partial charge in [-0.3, -0.25) is 0 Å². The van der Waals surface area contributed by atoms with Crippen molar-refractivity contribution in [3.8, 4) is 11.1 Å². The number of aryl methyl sites for hydroxylation is 2. The molecule has 7 aromatic carbocycles. The highest BCUT2D eigenvalue weighted by molar-refractivity contribution is 7.00. The van der Waals surface area contributed by atoms with E-state index in [1.165, 1.54) is 112 Å². The van der Waals surface area contributed by atoms with Crippen LogP contribution in [0.25, 0.3) is 21.9 Å². The van der Waals surface area contributed by atoms with Crippen molar-refractivity contribution < 1.29 is 0 Å². The quantitative estimate of drug-likeness (QED) is 0.165. The summed E-state index contributed by atoms with van der Waals surface area (Å²) in [5.74, 6) is 0. The minimum atomic E-state index is 0.00346. The number of nitrogens with zero attached hydrogens (tertiary/aromatic N) is 2. The molecule has 0 radical (unpaired) electrons. The van der Waals surface area contributed by atoms with Crippen LogP contribution in [-0.2, 0) is 36.5 Å². The predicted molar refractivity (Wildman–Crippen MR) is 254 cm³/mol. The molecule has 0 aromatic heterocycles. The zero-order valence-corrected chi connectivity index (χ0v) is 36.1. The van der Waals surface area contributed by atoms with Crippen LogP contribution in [-0.4, -0.2) is 6.71 Å². The third kappa shape index (κ3) is 5.67. The zero-order chi connectivity index (χ0) is 40.6. The monoisotopic (exact) mass is 766 g/mol. The molecular weight excluding hydrogens is 711 g/mol. The van der Waals surface area contributed by atoms with E-state index >= 15 is 0 Å². The third-order valence-corrected chi connectivity index (χ3v) is 14.0. The molecule has 2 nitrogen and oxygen atoms in total. The van der Waals surface area contributed by atoms with Gasteiger partial charge in [-0.25, -0.2) is 0 Å². The molecule has 0 saturated carbocycles. The van der Waals surface area contributed by atoms with Crippen LogP contribution in [0.2, 0.25) is 0 Å². The first kappa shape index (κ1) is 36.5. The van der Waals surface area contributed by atoms with E-state index in [4.69, 9.17) is 0 Å². The Labute approximate surface area is 352 Å². The normalized spacial score (nSPS) is 16.2. The van der Waals surface area contributed by atoms with Gasteiger partial charge in [-0.2, -0.15) is 0 Å². The molecule has 2 aliphatic heterocycles. The van der Waals surface area contributed by atoms with Gasteiger partial charge in [-0.05, 0) is 152 Å². The van der Waals surface area contributed by atoms with Crippen molar-refractivity contribution in [1.29, 1.82) is 0 Å². The smallest absolute Gasteiger partial charge is 0.252 e. The minimum Gasteiger partial charge on any atom is -0.311 e. The summed E-state index contributed by atoms with van der Waals surface area (Å²) >= 11 is 0. The molecule has 0 N–H and O–H groups in total. The summed E-state index contributed by atoms with van der Waals surface area (Å²) in [6.07, 6.45) is 5.71. The van der Waals surface area contributed by atoms with Gasteiger partial charge in [0.1, 0.15) is 0 Å². The predicted octanol–water partition coefficient (Wildman–Crippen LogP) is 12.8. The summed E-state index contributed by atoms with van der Waals surface area (Å²) in [4.78, 5) is 5.30. The molecule has 0 saturated heterocycles. The molecule has 0 amide bonds. The van der Waals surface area contributed by atoms with Crippen molar-refractivity contribution in [1.82, 2.24) is 0 Å². The molecule has 2 aliphatic carbocycles. The molecule has 0 atom stereocenters. The van der Waals surface area contributed by atoms with E-state index in [1.807, 2.05) is 0 Å². The molecule has 0 spiro atoms. The molecule has 11 rings (SSSR count). The first-order valence-corrected chi connectivity index (χ1v) is 22.0. The largest absolute Gasteiger partial charge is 0.311 e. The summed E-state index contributed by atoms with van der Waals surface area (Å²) in [6.45, 7) is 19.0. The SMILES string of the molecule is CC1(C)Cc2cc3c(cc2C1)N(c1ccc(C(C)(C)C)cc1-c1ccccc1)c1cccc2c1B3c1ccc(C(C)(C)C)cc1N2c1ccc2c3c(cccc13)CCC2. The van der Waals surface area contributed by atoms with Crippen molar-refractivity contribution in [3.05, 3.63) is 161 Å². The van der Waals surface area contributed by atoms with Crippen LogP contribution < -0.4 is 26.2 Å². The number of fused-ring (bicyclic) bond motifs is 5. The molecule has 3 heteroatoms. The van der Waals surface area contributed by atoms with Gasteiger partial charge in [0.05, 0.1) is 11.4 Å². The van der Waals surface area contributed by atoms with E-state index in [0.717, 1.165) is 25.7 Å². The fraction of sp³-hybridized carbons (Fsp3) is 0.286. The van der Waals surface area contributed by atoms with Crippen LogP contribution in [0.3, 0.4) is 0 Å². The number of anilines is 6. The maximum absolute atomic E-state index is 2.65. The molecule has 0 bridgehead atoms. The fourth-order valence-corrected chi connectivity index (χ4v) is 11.1. The van der Waals surface area contributed by atoms with E-state index in [0.29, 0.717) is 0 Å². The summed E-state index contributed by atoms with van der Waals surface area (Å²) in [5.41, 5.74) is 23.4. The van der Waals surface area contributed by atoms with Gasteiger partial charge in [0.15, 0.2) is 0 Å². The van der Waals surface area contributed by atoms with Crippen molar-refractivity contribution in [2.45, 2.75) is 98.3 Å².